The standard InChI is InChI=1S/C21H25N5O2S.2ClH/c1-3-25-9-11-26(12-10-25)14-19(27)23-15-6-7-18-16(13-15)21(28)24(2)17-5-4-8-22-20(17)29-18;;/h4-8,13H,3,9-12,14H2,1-2H3,(H,23,27);2*1H. The molecule has 1 saturated heterocycles. The quantitative estimate of drug-likeness (QED) is 0.719. The van der Waals surface area contributed by atoms with E-state index >= 15 is 0 Å². The fourth-order valence-electron chi connectivity index (χ4n) is 3.64. The Kier molecular flexibility index (Phi) is 9.14. The number of nitrogens with zero attached hydrogens (tertiary/aromatic N) is 4. The molecule has 0 spiro atoms. The molecule has 7 nitrogen and oxygen atoms in total. The lowest BCUT2D eigenvalue weighted by Gasteiger charge is -2.33. The fraction of sp³-hybridized carbons (Fsp3) is 0.381. The molecular formula is C21H27Cl2N5O2S. The highest BCUT2D eigenvalue weighted by atomic mass is 35.5. The van der Waals surface area contributed by atoms with Gasteiger partial charge in [-0.1, -0.05) is 18.7 Å². The zero-order valence-corrected chi connectivity index (χ0v) is 20.0. The molecule has 0 unspecified atom stereocenters. The van der Waals surface area contributed by atoms with Gasteiger partial charge in [-0.05, 0) is 36.9 Å². The number of piperazine rings is 1. The molecule has 31 heavy (non-hydrogen) atoms. The molecule has 0 atom stereocenters. The Labute approximate surface area is 199 Å². The minimum absolute atomic E-state index is 0. The van der Waals surface area contributed by atoms with Crippen molar-refractivity contribution in [3.8, 4) is 0 Å². The molecule has 1 aromatic carbocycles. The van der Waals surface area contributed by atoms with Crippen LogP contribution in [0.25, 0.3) is 0 Å². The maximum Gasteiger partial charge on any atom is 0.259 e. The summed E-state index contributed by atoms with van der Waals surface area (Å²) >= 11 is 1.47. The Morgan fingerprint density at radius 2 is 1.84 bits per heavy atom. The highest BCUT2D eigenvalue weighted by Crippen LogP contribution is 2.40. The summed E-state index contributed by atoms with van der Waals surface area (Å²) in [5, 5.41) is 3.75. The summed E-state index contributed by atoms with van der Waals surface area (Å²) in [5.41, 5.74) is 2.00. The number of amides is 2. The van der Waals surface area contributed by atoms with E-state index in [2.05, 4.69) is 27.0 Å². The molecule has 2 amide bonds. The summed E-state index contributed by atoms with van der Waals surface area (Å²) in [4.78, 5) is 36.9. The lowest BCUT2D eigenvalue weighted by atomic mass is 10.1. The number of halogens is 2. The number of fused-ring (bicyclic) bond motifs is 2. The molecule has 2 aliphatic heterocycles. The number of nitrogens with one attached hydrogen (secondary N) is 1. The molecule has 1 fully saturated rings. The van der Waals surface area contributed by atoms with Crippen molar-refractivity contribution in [2.24, 2.45) is 0 Å². The van der Waals surface area contributed by atoms with Crippen LogP contribution in [-0.2, 0) is 4.79 Å². The van der Waals surface area contributed by atoms with Crippen molar-refractivity contribution in [2.45, 2.75) is 16.8 Å². The van der Waals surface area contributed by atoms with E-state index in [1.54, 1.807) is 24.2 Å². The van der Waals surface area contributed by atoms with Gasteiger partial charge in [0.15, 0.2) is 0 Å². The number of carbonyl (C=O) groups is 2. The summed E-state index contributed by atoms with van der Waals surface area (Å²) in [7, 11) is 1.75. The third kappa shape index (κ3) is 5.70. The molecule has 0 bridgehead atoms. The number of carbonyl (C=O) groups excluding carboxylic acids is 2. The van der Waals surface area contributed by atoms with Gasteiger partial charge in [0.05, 0.1) is 17.8 Å². The van der Waals surface area contributed by atoms with E-state index in [0.717, 1.165) is 48.3 Å². The lowest BCUT2D eigenvalue weighted by Crippen LogP contribution is -2.48. The van der Waals surface area contributed by atoms with Gasteiger partial charge >= 0.3 is 0 Å². The molecule has 0 aliphatic carbocycles. The number of pyridine rings is 1. The van der Waals surface area contributed by atoms with Crippen LogP contribution >= 0.6 is 36.6 Å². The van der Waals surface area contributed by atoms with Gasteiger partial charge in [0.1, 0.15) is 5.03 Å². The van der Waals surface area contributed by atoms with Gasteiger partial charge in [-0.15, -0.1) is 24.8 Å². The van der Waals surface area contributed by atoms with Gasteiger partial charge in [0, 0.05) is 50.0 Å². The van der Waals surface area contributed by atoms with Crippen LogP contribution in [0.4, 0.5) is 11.4 Å². The second kappa shape index (κ2) is 11.2. The highest BCUT2D eigenvalue weighted by Gasteiger charge is 2.26. The van der Waals surface area contributed by atoms with E-state index in [1.807, 2.05) is 24.3 Å². The van der Waals surface area contributed by atoms with E-state index in [0.29, 0.717) is 17.8 Å². The number of rotatable bonds is 4. The molecule has 2 aliphatic rings. The van der Waals surface area contributed by atoms with E-state index in [-0.39, 0.29) is 36.6 Å². The Hall–Kier alpha value is -1.84. The third-order valence-corrected chi connectivity index (χ3v) is 6.48. The monoisotopic (exact) mass is 483 g/mol. The Bertz CT molecular complexity index is 938. The molecule has 2 aromatic rings. The van der Waals surface area contributed by atoms with Crippen LogP contribution in [0, 0.1) is 0 Å². The number of hydrogen-bond donors (Lipinski definition) is 1. The summed E-state index contributed by atoms with van der Waals surface area (Å²) in [6.07, 6.45) is 1.73. The minimum atomic E-state index is -0.106. The van der Waals surface area contributed by atoms with Gasteiger partial charge in [-0.3, -0.25) is 14.5 Å². The third-order valence-electron chi connectivity index (χ3n) is 5.40. The van der Waals surface area contributed by atoms with Crippen LogP contribution in [0.2, 0.25) is 0 Å². The number of aromatic nitrogens is 1. The van der Waals surface area contributed by atoms with Crippen molar-refractivity contribution < 1.29 is 9.59 Å². The van der Waals surface area contributed by atoms with Crippen molar-refractivity contribution in [1.82, 2.24) is 14.8 Å². The van der Waals surface area contributed by atoms with Gasteiger partial charge in [-0.2, -0.15) is 0 Å². The van der Waals surface area contributed by atoms with Crippen molar-refractivity contribution in [1.29, 1.82) is 0 Å². The highest BCUT2D eigenvalue weighted by molar-refractivity contribution is 7.99. The molecule has 4 rings (SSSR count). The topological polar surface area (TPSA) is 68.8 Å². The summed E-state index contributed by atoms with van der Waals surface area (Å²) in [6, 6.07) is 9.20. The summed E-state index contributed by atoms with van der Waals surface area (Å²) in [6.45, 7) is 7.37. The second-order valence-corrected chi connectivity index (χ2v) is 8.29. The maximum absolute atomic E-state index is 13.0. The van der Waals surface area contributed by atoms with Crippen LogP contribution in [0.15, 0.2) is 46.5 Å². The van der Waals surface area contributed by atoms with Gasteiger partial charge in [-0.25, -0.2) is 4.98 Å². The number of anilines is 2. The molecular weight excluding hydrogens is 457 g/mol. The smallest absolute Gasteiger partial charge is 0.259 e. The number of likely N-dealkylation sites (N-methyl/N-ethyl adjacent to an activating group) is 1. The van der Waals surface area contributed by atoms with E-state index in [9.17, 15) is 9.59 Å². The fourth-order valence-corrected chi connectivity index (χ4v) is 4.67. The van der Waals surface area contributed by atoms with Crippen molar-refractivity contribution in [2.75, 3.05) is 56.5 Å². The van der Waals surface area contributed by atoms with Crippen LogP contribution in [-0.4, -0.2) is 72.9 Å². The van der Waals surface area contributed by atoms with Crippen LogP contribution in [0.3, 0.4) is 0 Å². The normalized spacial score (nSPS) is 16.3. The zero-order chi connectivity index (χ0) is 20.4. The zero-order valence-electron chi connectivity index (χ0n) is 17.5. The summed E-state index contributed by atoms with van der Waals surface area (Å²) in [5.74, 6) is -0.159. The largest absolute Gasteiger partial charge is 0.325 e. The van der Waals surface area contributed by atoms with Gasteiger partial charge in [0.25, 0.3) is 5.91 Å². The van der Waals surface area contributed by atoms with Crippen molar-refractivity contribution >= 4 is 59.8 Å². The first-order valence-corrected chi connectivity index (χ1v) is 10.7. The summed E-state index contributed by atoms with van der Waals surface area (Å²) < 4.78 is 0. The molecule has 0 radical (unpaired) electrons. The first kappa shape index (κ1) is 25.4. The molecule has 3 heterocycles. The Balaban J connectivity index is 0.00000171. The average Bonchev–Trinajstić information content (AvgIpc) is 2.84. The molecule has 0 saturated carbocycles. The Morgan fingerprint density at radius 3 is 2.55 bits per heavy atom. The van der Waals surface area contributed by atoms with Crippen molar-refractivity contribution in [3.05, 3.63) is 42.1 Å². The second-order valence-electron chi connectivity index (χ2n) is 7.26. The first-order valence-electron chi connectivity index (χ1n) is 9.84. The molecule has 168 valence electrons. The van der Waals surface area contributed by atoms with Crippen LogP contribution in [0.1, 0.15) is 17.3 Å². The average molecular weight is 484 g/mol. The number of benzene rings is 1. The van der Waals surface area contributed by atoms with Crippen LogP contribution in [0.5, 0.6) is 0 Å². The maximum atomic E-state index is 13.0. The molecule has 1 aromatic heterocycles. The lowest BCUT2D eigenvalue weighted by molar-refractivity contribution is -0.117. The predicted octanol–water partition coefficient (Wildman–Crippen LogP) is 3.24. The Morgan fingerprint density at radius 1 is 1.13 bits per heavy atom. The van der Waals surface area contributed by atoms with Gasteiger partial charge in [0.2, 0.25) is 5.91 Å². The number of hydrogen-bond acceptors (Lipinski definition) is 6. The first-order chi connectivity index (χ1) is 14.0. The van der Waals surface area contributed by atoms with Gasteiger partial charge < -0.3 is 15.1 Å². The SMILES string of the molecule is CCN1CCN(CC(=O)Nc2ccc3c(c2)C(=O)N(C)c2cccnc2S3)CC1.Cl.Cl. The molecule has 10 heteroatoms. The van der Waals surface area contributed by atoms with Crippen molar-refractivity contribution in [3.63, 3.8) is 0 Å². The minimum Gasteiger partial charge on any atom is -0.325 e. The van der Waals surface area contributed by atoms with E-state index in [1.165, 1.54) is 11.8 Å². The predicted molar refractivity (Wildman–Crippen MR) is 129 cm³/mol. The van der Waals surface area contributed by atoms with Crippen LogP contribution < -0.4 is 10.2 Å². The van der Waals surface area contributed by atoms with E-state index in [4.69, 9.17) is 0 Å². The van der Waals surface area contributed by atoms with E-state index < -0.39 is 0 Å². The molecule has 1 N–H and O–H groups in total.